The molecule has 0 atom stereocenters. The second-order valence-corrected chi connectivity index (χ2v) is 4.95. The highest BCUT2D eigenvalue weighted by atomic mass is 32.2. The topological polar surface area (TPSA) is 84.2 Å². The molecule has 1 aromatic heterocycles. The van der Waals surface area contributed by atoms with E-state index in [2.05, 4.69) is 10.3 Å². The number of aryl methyl sites for hydroxylation is 1. The summed E-state index contributed by atoms with van der Waals surface area (Å²) in [5.41, 5.74) is 0.369. The van der Waals surface area contributed by atoms with Crippen molar-refractivity contribution in [3.05, 3.63) is 42.2 Å². The minimum absolute atomic E-state index is 0.0721. The quantitative estimate of drug-likeness (QED) is 0.821. The van der Waals surface area contributed by atoms with Crippen molar-refractivity contribution in [1.82, 2.24) is 9.55 Å². The molecule has 0 aliphatic rings. The Morgan fingerprint density at radius 2 is 2.15 bits per heavy atom. The zero-order valence-electron chi connectivity index (χ0n) is 10.7. The third-order valence-corrected chi connectivity index (χ3v) is 3.60. The molecule has 0 radical (unpaired) electrons. The lowest BCUT2D eigenvalue weighted by molar-refractivity contribution is -0.113. The summed E-state index contributed by atoms with van der Waals surface area (Å²) in [6.45, 7) is 0. The highest BCUT2D eigenvalue weighted by Crippen LogP contribution is 2.17. The van der Waals surface area contributed by atoms with Crippen LogP contribution in [0, 0.1) is 0 Å². The van der Waals surface area contributed by atoms with Crippen LogP contribution >= 0.6 is 11.8 Å². The second kappa shape index (κ2) is 6.25. The summed E-state index contributed by atoms with van der Waals surface area (Å²) < 4.78 is 1.81. The minimum Gasteiger partial charge on any atom is -0.478 e. The number of nitrogens with one attached hydrogen (secondary N) is 1. The molecule has 0 saturated heterocycles. The van der Waals surface area contributed by atoms with Gasteiger partial charge in [0.25, 0.3) is 0 Å². The molecule has 1 aromatic carbocycles. The van der Waals surface area contributed by atoms with E-state index >= 15 is 0 Å². The lowest BCUT2D eigenvalue weighted by atomic mass is 10.2. The number of aromatic carboxylic acids is 1. The average Bonchev–Trinajstić information content (AvgIpc) is 2.82. The number of amides is 1. The Kier molecular flexibility index (Phi) is 4.41. The Balaban J connectivity index is 1.98. The molecular weight excluding hydrogens is 278 g/mol. The number of rotatable bonds is 5. The maximum Gasteiger partial charge on any atom is 0.337 e. The zero-order valence-corrected chi connectivity index (χ0v) is 11.6. The Hall–Kier alpha value is -2.28. The van der Waals surface area contributed by atoms with Crippen LogP contribution in [0.1, 0.15) is 10.4 Å². The SMILES string of the molecule is Cn1ccnc1SCC(=O)Nc1ccccc1C(=O)O. The molecule has 2 aromatic rings. The predicted molar refractivity (Wildman–Crippen MR) is 76.0 cm³/mol. The molecular formula is C13H13N3O3S. The van der Waals surface area contributed by atoms with E-state index in [-0.39, 0.29) is 17.2 Å². The van der Waals surface area contributed by atoms with E-state index < -0.39 is 5.97 Å². The summed E-state index contributed by atoms with van der Waals surface area (Å²) in [5, 5.41) is 12.3. The van der Waals surface area contributed by atoms with Crippen LogP contribution < -0.4 is 5.32 Å². The minimum atomic E-state index is -1.07. The van der Waals surface area contributed by atoms with Gasteiger partial charge in [-0.3, -0.25) is 4.79 Å². The van der Waals surface area contributed by atoms with Crippen LogP contribution in [0.4, 0.5) is 5.69 Å². The Bertz CT molecular complexity index is 639. The third-order valence-electron chi connectivity index (χ3n) is 2.54. The first-order valence-corrected chi connectivity index (χ1v) is 6.79. The molecule has 1 heterocycles. The monoisotopic (exact) mass is 291 g/mol. The molecule has 104 valence electrons. The van der Waals surface area contributed by atoms with Crippen LogP contribution in [0.15, 0.2) is 41.8 Å². The van der Waals surface area contributed by atoms with Crippen molar-refractivity contribution in [3.63, 3.8) is 0 Å². The zero-order chi connectivity index (χ0) is 14.5. The van der Waals surface area contributed by atoms with Gasteiger partial charge in [0.2, 0.25) is 5.91 Å². The molecule has 0 fully saturated rings. The van der Waals surface area contributed by atoms with Crippen LogP contribution in [-0.4, -0.2) is 32.3 Å². The Morgan fingerprint density at radius 1 is 1.40 bits per heavy atom. The molecule has 0 saturated carbocycles. The van der Waals surface area contributed by atoms with Gasteiger partial charge in [-0.2, -0.15) is 0 Å². The summed E-state index contributed by atoms with van der Waals surface area (Å²) >= 11 is 1.29. The van der Waals surface area contributed by atoms with Crippen molar-refractivity contribution in [1.29, 1.82) is 0 Å². The first-order valence-electron chi connectivity index (χ1n) is 5.80. The van der Waals surface area contributed by atoms with Gasteiger partial charge in [0.05, 0.1) is 17.0 Å². The number of thioether (sulfide) groups is 1. The number of carboxylic acid groups (broad SMARTS) is 1. The fourth-order valence-corrected chi connectivity index (χ4v) is 2.32. The second-order valence-electron chi connectivity index (χ2n) is 4.01. The number of para-hydroxylation sites is 1. The predicted octanol–water partition coefficient (Wildman–Crippen LogP) is 1.85. The van der Waals surface area contributed by atoms with Crippen LogP contribution in [0.5, 0.6) is 0 Å². The summed E-state index contributed by atoms with van der Waals surface area (Å²) in [5.74, 6) is -1.18. The largest absolute Gasteiger partial charge is 0.478 e. The standard InChI is InChI=1S/C13H13N3O3S/c1-16-7-6-14-13(16)20-8-11(17)15-10-5-3-2-4-9(10)12(18)19/h2-7H,8H2,1H3,(H,15,17)(H,18,19). The van der Waals surface area contributed by atoms with Crippen molar-refractivity contribution < 1.29 is 14.7 Å². The molecule has 0 bridgehead atoms. The molecule has 7 heteroatoms. The fourth-order valence-electron chi connectivity index (χ4n) is 1.59. The highest BCUT2D eigenvalue weighted by Gasteiger charge is 2.12. The maximum absolute atomic E-state index is 11.8. The lowest BCUT2D eigenvalue weighted by Gasteiger charge is -2.07. The fraction of sp³-hybridized carbons (Fsp3) is 0.154. The van der Waals surface area contributed by atoms with Gasteiger partial charge in [-0.15, -0.1) is 0 Å². The molecule has 0 unspecified atom stereocenters. The number of aromatic nitrogens is 2. The lowest BCUT2D eigenvalue weighted by Crippen LogP contribution is -2.16. The first kappa shape index (κ1) is 14.1. The third kappa shape index (κ3) is 3.39. The van der Waals surface area contributed by atoms with Crippen LogP contribution in [0.25, 0.3) is 0 Å². The highest BCUT2D eigenvalue weighted by molar-refractivity contribution is 7.99. The number of benzene rings is 1. The van der Waals surface area contributed by atoms with E-state index in [0.717, 1.165) is 5.16 Å². The molecule has 1 amide bonds. The molecule has 2 rings (SSSR count). The summed E-state index contributed by atoms with van der Waals surface area (Å²) in [7, 11) is 1.84. The van der Waals surface area contributed by atoms with Gasteiger partial charge >= 0.3 is 5.97 Å². The number of hydrogen-bond donors (Lipinski definition) is 2. The van der Waals surface area contributed by atoms with Gasteiger partial charge in [-0.05, 0) is 12.1 Å². The average molecular weight is 291 g/mol. The molecule has 20 heavy (non-hydrogen) atoms. The van der Waals surface area contributed by atoms with Gasteiger partial charge in [-0.1, -0.05) is 23.9 Å². The normalized spacial score (nSPS) is 10.2. The van der Waals surface area contributed by atoms with E-state index in [1.54, 1.807) is 30.6 Å². The number of carbonyl (C=O) groups excluding carboxylic acids is 1. The van der Waals surface area contributed by atoms with Gasteiger partial charge in [0.15, 0.2) is 5.16 Å². The first-order chi connectivity index (χ1) is 9.58. The number of carboxylic acids is 1. The van der Waals surface area contributed by atoms with Gasteiger partial charge in [0.1, 0.15) is 0 Å². The summed E-state index contributed by atoms with van der Waals surface area (Å²) in [6.07, 6.45) is 3.44. The van der Waals surface area contributed by atoms with E-state index in [9.17, 15) is 9.59 Å². The van der Waals surface area contributed by atoms with Crippen LogP contribution in [-0.2, 0) is 11.8 Å². The maximum atomic E-state index is 11.8. The van der Waals surface area contributed by atoms with E-state index in [0.29, 0.717) is 5.69 Å². The smallest absolute Gasteiger partial charge is 0.337 e. The van der Waals surface area contributed by atoms with Crippen molar-refractivity contribution in [2.24, 2.45) is 7.05 Å². The van der Waals surface area contributed by atoms with Crippen LogP contribution in [0.3, 0.4) is 0 Å². The number of nitrogens with zero attached hydrogens (tertiary/aromatic N) is 2. The molecule has 2 N–H and O–H groups in total. The Morgan fingerprint density at radius 3 is 2.80 bits per heavy atom. The molecule has 0 spiro atoms. The van der Waals surface area contributed by atoms with Gasteiger partial charge in [0, 0.05) is 19.4 Å². The Labute approximate surface area is 119 Å². The van der Waals surface area contributed by atoms with Crippen molar-refractivity contribution >= 4 is 29.3 Å². The van der Waals surface area contributed by atoms with Gasteiger partial charge < -0.3 is 15.0 Å². The van der Waals surface area contributed by atoms with Crippen molar-refractivity contribution in [2.45, 2.75) is 5.16 Å². The molecule has 0 aliphatic heterocycles. The van der Waals surface area contributed by atoms with Crippen LogP contribution in [0.2, 0.25) is 0 Å². The molecule has 0 aliphatic carbocycles. The van der Waals surface area contributed by atoms with E-state index in [1.165, 1.54) is 17.8 Å². The summed E-state index contributed by atoms with van der Waals surface area (Å²) in [6, 6.07) is 6.30. The summed E-state index contributed by atoms with van der Waals surface area (Å²) in [4.78, 5) is 26.9. The van der Waals surface area contributed by atoms with E-state index in [1.807, 2.05) is 11.6 Å². The van der Waals surface area contributed by atoms with Crippen molar-refractivity contribution in [3.8, 4) is 0 Å². The number of carbonyl (C=O) groups is 2. The number of imidazole rings is 1. The number of anilines is 1. The van der Waals surface area contributed by atoms with Gasteiger partial charge in [-0.25, -0.2) is 9.78 Å². The van der Waals surface area contributed by atoms with E-state index in [4.69, 9.17) is 5.11 Å². The number of hydrogen-bond acceptors (Lipinski definition) is 4. The van der Waals surface area contributed by atoms with Crippen molar-refractivity contribution in [2.75, 3.05) is 11.1 Å². The molecule has 6 nitrogen and oxygen atoms in total.